The number of carbonyl (C=O) groups is 6. The van der Waals surface area contributed by atoms with E-state index in [0.29, 0.717) is 11.3 Å². The minimum atomic E-state index is -5.90. The van der Waals surface area contributed by atoms with Crippen molar-refractivity contribution >= 4 is 145 Å². The second-order valence-corrected chi connectivity index (χ2v) is 27.3. The Labute approximate surface area is 555 Å². The molecule has 524 valence electrons. The number of non-ortho nitro benzene ring substituents is 2. The van der Waals surface area contributed by atoms with Crippen molar-refractivity contribution in [3.63, 3.8) is 0 Å². The average molecular weight is 1490 g/mol. The van der Waals surface area contributed by atoms with Gasteiger partial charge in [0.25, 0.3) is 38.8 Å². The largest absolute Gasteiger partial charge is 0.790 e. The highest BCUT2D eigenvalue weighted by Crippen LogP contribution is 2.56. The van der Waals surface area contributed by atoms with Crippen LogP contribution in [-0.4, -0.2) is 181 Å². The minimum Gasteiger partial charge on any atom is -0.790 e. The molecule has 4 amide bonds. The number of amides is 4. The first-order chi connectivity index (χ1) is 43.6. The van der Waals surface area contributed by atoms with Crippen molar-refractivity contribution in [3.8, 4) is 0 Å². The van der Waals surface area contributed by atoms with E-state index in [9.17, 15) is 103 Å². The van der Waals surface area contributed by atoms with E-state index < -0.39 is 153 Å². The second kappa shape index (κ2) is 37.7. The van der Waals surface area contributed by atoms with Crippen LogP contribution >= 0.6 is 81.6 Å². The average Bonchev–Trinajstić information content (AvgIpc) is 1.62. The van der Waals surface area contributed by atoms with Crippen LogP contribution in [0.4, 0.5) is 17.2 Å². The first-order valence-corrected chi connectivity index (χ1v) is 33.4. The summed E-state index contributed by atoms with van der Waals surface area (Å²) in [5.74, 6) is -3.32. The number of aliphatic hydroxyl groups excluding tert-OH is 5. The van der Waals surface area contributed by atoms with E-state index in [1.807, 2.05) is 0 Å². The van der Waals surface area contributed by atoms with E-state index in [4.69, 9.17) is 66.7 Å². The van der Waals surface area contributed by atoms with Gasteiger partial charge in [-0.25, -0.2) is 19.3 Å². The lowest BCUT2D eigenvalue weighted by Crippen LogP contribution is -2.46. The molecule has 47 heteroatoms. The number of esters is 1. The fraction of sp³-hybridized carbons (Fsp3) is 0.511. The van der Waals surface area contributed by atoms with Crippen molar-refractivity contribution in [1.82, 2.24) is 40.8 Å². The zero-order valence-corrected chi connectivity index (χ0v) is 55.5. The van der Waals surface area contributed by atoms with Crippen LogP contribution < -0.4 is 46.6 Å². The molecule has 94 heavy (non-hydrogen) atoms. The molecule has 3 heterocycles. The number of nitrogens with two attached hydrogens (primary N) is 1. The summed E-state index contributed by atoms with van der Waals surface area (Å²) in [6.07, 6.45) is -10.1. The third-order valence-electron chi connectivity index (χ3n) is 12.2. The van der Waals surface area contributed by atoms with Gasteiger partial charge in [-0.05, 0) is 35.4 Å². The molecule has 0 aliphatic carbocycles. The molecular weight excluding hydrogens is 1430 g/mol. The number of carbonyl (C=O) groups excluding carboxylic acids is 6. The number of aromatic nitrogens is 4. The molecule has 1 saturated heterocycles. The van der Waals surface area contributed by atoms with E-state index in [0.717, 1.165) is 29.0 Å². The van der Waals surface area contributed by atoms with Crippen LogP contribution in [0.15, 0.2) is 61.2 Å². The Morgan fingerprint density at radius 2 is 1.31 bits per heavy atom. The summed E-state index contributed by atoms with van der Waals surface area (Å²) in [7, 11) is -17.6. The third-order valence-corrected chi connectivity index (χ3v) is 16.8. The molecule has 5 rings (SSSR count). The Kier molecular flexibility index (Phi) is 33.1. The zero-order chi connectivity index (χ0) is 71.2. The van der Waals surface area contributed by atoms with Crippen molar-refractivity contribution in [2.24, 2.45) is 5.41 Å². The van der Waals surface area contributed by atoms with E-state index in [2.05, 4.69) is 54.1 Å². The predicted molar refractivity (Wildman–Crippen MR) is 319 cm³/mol. The summed E-state index contributed by atoms with van der Waals surface area (Å²) in [4.78, 5) is 145. The molecule has 0 bridgehead atoms. The van der Waals surface area contributed by atoms with Crippen molar-refractivity contribution in [3.05, 3.63) is 92.5 Å². The molecule has 7 unspecified atom stereocenters. The summed E-state index contributed by atoms with van der Waals surface area (Å²) in [5.41, 5.74) is 4.37. The van der Waals surface area contributed by atoms with Gasteiger partial charge in [-0.3, -0.25) is 62.7 Å². The Bertz CT molecular complexity index is 3400. The van der Waals surface area contributed by atoms with Crippen LogP contribution in [0, 0.1) is 25.6 Å². The lowest BCUT2D eigenvalue weighted by atomic mass is 9.87. The Morgan fingerprint density at radius 1 is 0.787 bits per heavy atom. The highest BCUT2D eigenvalue weighted by atomic mass is 35.5. The number of phosphoric acid groups is 3. The Balaban J connectivity index is 0.000000438. The van der Waals surface area contributed by atoms with Gasteiger partial charge in [0.1, 0.15) is 55.1 Å². The first-order valence-electron chi connectivity index (χ1n) is 26.3. The van der Waals surface area contributed by atoms with E-state index in [1.165, 1.54) is 76.2 Å². The minimum absolute atomic E-state index is 0.0209. The third kappa shape index (κ3) is 27.4. The molecular formula is C47H60Cl4N11O28P3S-4. The normalized spacial score (nSPS) is 18.5. The molecule has 1 fully saturated rings. The van der Waals surface area contributed by atoms with Gasteiger partial charge in [-0.1, -0.05) is 72.0 Å². The number of fused-ring (bicyclic) bond motifs is 1. The van der Waals surface area contributed by atoms with Gasteiger partial charge in [-0.15, -0.1) is 0 Å². The van der Waals surface area contributed by atoms with Crippen molar-refractivity contribution < 1.29 is 125 Å². The molecule has 0 radical (unpaired) electrons. The predicted octanol–water partition coefficient (Wildman–Crippen LogP) is -1.45. The van der Waals surface area contributed by atoms with Crippen molar-refractivity contribution in [1.29, 1.82) is 0 Å². The second-order valence-electron chi connectivity index (χ2n) is 19.7. The Morgan fingerprint density at radius 3 is 1.80 bits per heavy atom. The summed E-state index contributed by atoms with van der Waals surface area (Å²) < 4.78 is 65.0. The van der Waals surface area contributed by atoms with Crippen LogP contribution in [0.2, 0.25) is 0 Å². The fourth-order valence-electron chi connectivity index (χ4n) is 7.49. The summed E-state index contributed by atoms with van der Waals surface area (Å²) >= 11 is 22.6. The van der Waals surface area contributed by atoms with Crippen LogP contribution in [0.25, 0.3) is 11.2 Å². The number of nitro groups is 2. The van der Waals surface area contributed by atoms with Gasteiger partial charge in [0.15, 0.2) is 32.5 Å². The molecule has 0 spiro atoms. The van der Waals surface area contributed by atoms with Crippen LogP contribution in [0.1, 0.15) is 63.7 Å². The number of halogens is 4. The summed E-state index contributed by atoms with van der Waals surface area (Å²) in [6.45, 7) is 1.79. The van der Waals surface area contributed by atoms with Gasteiger partial charge in [0.2, 0.25) is 11.8 Å². The number of nitrogens with one attached hydrogen (secondary N) is 4. The van der Waals surface area contributed by atoms with Crippen LogP contribution in [0.3, 0.4) is 0 Å². The lowest BCUT2D eigenvalue weighted by Gasteiger charge is -2.36. The highest BCUT2D eigenvalue weighted by molar-refractivity contribution is 8.13. The smallest absolute Gasteiger partial charge is 0.302 e. The van der Waals surface area contributed by atoms with E-state index >= 15 is 0 Å². The number of phosphoric ester groups is 3. The molecule has 2 aromatic heterocycles. The summed E-state index contributed by atoms with van der Waals surface area (Å²) in [6, 6.07) is 8.10. The molecule has 11 N–H and O–H groups in total. The molecule has 1 aliphatic rings. The number of ether oxygens (including phenoxy) is 2. The molecule has 2 aromatic carbocycles. The number of anilines is 1. The maximum atomic E-state index is 12.4. The molecule has 39 nitrogen and oxygen atoms in total. The first kappa shape index (κ1) is 82.5. The number of aliphatic hydroxyl groups is 5. The number of alkyl halides is 4. The number of imidazole rings is 1. The monoisotopic (exact) mass is 1490 g/mol. The number of nitrogen functional groups attached to an aromatic ring is 1. The van der Waals surface area contributed by atoms with Gasteiger partial charge < -0.3 is 99.7 Å². The summed E-state index contributed by atoms with van der Waals surface area (Å²) in [5, 5.41) is 81.1. The number of hydrogen-bond donors (Lipinski definition) is 10. The maximum Gasteiger partial charge on any atom is 0.302 e. The number of nitrogens with zero attached hydrogens (tertiary/aromatic N) is 6. The topological polar surface area (TPSA) is 606 Å². The molecule has 1 aliphatic heterocycles. The van der Waals surface area contributed by atoms with Gasteiger partial charge in [-0.2, -0.15) is 0 Å². The van der Waals surface area contributed by atoms with E-state index in [-0.39, 0.29) is 65.2 Å². The zero-order valence-electron chi connectivity index (χ0n) is 48.9. The van der Waals surface area contributed by atoms with Gasteiger partial charge in [0.05, 0.1) is 55.9 Å². The number of benzene rings is 2. The van der Waals surface area contributed by atoms with Crippen LogP contribution in [0.5, 0.6) is 0 Å². The number of hydrogen-bond acceptors (Lipinski definition) is 33. The van der Waals surface area contributed by atoms with Gasteiger partial charge >= 0.3 is 5.97 Å². The van der Waals surface area contributed by atoms with E-state index in [1.54, 1.807) is 0 Å². The SMILES string of the molecule is CC(=O)OC[C@@H](NC(=O)C(Cl)Cl)[C@H](O)c1ccc([N+](=O)[O-])cc1.CC(=O)SCCNC(=O)CCNC(=O)C(O)C(C)(C)COP(=O)([O-])OP(=O)([O-])OCC1OC(n2cnc3c(N)ncnc32)C(O)C1OP(=O)([O-])[O-].O=C(N[C@H](CO)[C@H](O)c1ccc([N+](=O)[O-])cc1)C(Cl)Cl. The lowest BCUT2D eigenvalue weighted by molar-refractivity contribution is -0.385. The Hall–Kier alpha value is -5.75. The quantitative estimate of drug-likeness (QED) is 0.00667. The van der Waals surface area contributed by atoms with Crippen LogP contribution in [-0.2, 0) is 69.8 Å². The number of nitro benzene ring substituents is 2. The molecule has 0 saturated carbocycles. The van der Waals surface area contributed by atoms with Crippen molar-refractivity contribution in [2.45, 2.75) is 98.7 Å². The molecule has 4 aromatic rings. The number of rotatable bonds is 32. The van der Waals surface area contributed by atoms with Gasteiger partial charge in [0, 0.05) is 68.8 Å². The number of thioether (sulfide) groups is 1. The van der Waals surface area contributed by atoms with Crippen molar-refractivity contribution in [2.75, 3.05) is 51.0 Å². The fourth-order valence-corrected chi connectivity index (χ4v) is 11.0. The maximum absolute atomic E-state index is 12.4. The highest BCUT2D eigenvalue weighted by Gasteiger charge is 2.48. The standard InChI is InChI=1S/C23H38N7O17P3S.C13H14Cl2N2O6.C11H12Cl2N2O5/c1-12(31)51-7-6-25-14(32)4-5-26-21(35)18(34)23(2,3)9-44-50(41,42)47-49(39,40)43-8-13-17(46-48(36,37)38)16(33)22(45-13)30-11-29-15-19(24)27-10-28-20(15)30;1-7(18)23-6-10(16-13(20)12(14)15)11(19)8-2-4-9(5-3-8)17(21)22;12-10(13)11(18)14-8(5-16)9(17)6-1-3-7(4-2-6)15(19)20/h10-11,13,16-18,22,33-34H,4-9H2,1-3H3,(H,25,32)(H,26,35)(H,39,40)(H,41,42)(H2,24,27,28)(H2,36,37,38);2-5,10-12,19H,6H2,1H3,(H,16,20);1-4,8-10,16-17H,5H2,(H,14,18)/p-4/t;10-,11-;8-,9-/m.11/s1. The molecule has 11 atom stereocenters.